The Morgan fingerprint density at radius 1 is 0.905 bits per heavy atom. The topological polar surface area (TPSA) is 105 Å². The second kappa shape index (κ2) is 15.8. The minimum Gasteiger partial charge on any atom is -0.497 e. The van der Waals surface area contributed by atoms with Gasteiger partial charge in [-0.3, -0.25) is 13.9 Å². The summed E-state index contributed by atoms with van der Waals surface area (Å²) in [5, 5.41) is 2.98. The summed E-state index contributed by atoms with van der Waals surface area (Å²) in [5.41, 5.74) is 1.94. The highest BCUT2D eigenvalue weighted by Gasteiger charge is 2.33. The van der Waals surface area contributed by atoms with E-state index >= 15 is 0 Å². The van der Waals surface area contributed by atoms with Gasteiger partial charge in [0, 0.05) is 19.5 Å². The van der Waals surface area contributed by atoms with Gasteiger partial charge in [0.15, 0.2) is 0 Å². The molecule has 0 saturated carbocycles. The van der Waals surface area contributed by atoms with E-state index in [1.54, 1.807) is 43.5 Å². The Labute approximate surface area is 249 Å². The van der Waals surface area contributed by atoms with Crippen molar-refractivity contribution in [1.82, 2.24) is 10.2 Å². The van der Waals surface area contributed by atoms with Gasteiger partial charge in [-0.25, -0.2) is 8.42 Å². The molecule has 0 unspecified atom stereocenters. The van der Waals surface area contributed by atoms with Crippen molar-refractivity contribution >= 4 is 27.5 Å². The second-order valence-electron chi connectivity index (χ2n) is 9.92. The minimum atomic E-state index is -3.85. The van der Waals surface area contributed by atoms with Gasteiger partial charge in [-0.05, 0) is 60.9 Å². The molecule has 2 amide bonds. The first-order chi connectivity index (χ1) is 20.2. The number of carbonyl (C=O) groups excluding carboxylic acids is 2. The summed E-state index contributed by atoms with van der Waals surface area (Å²) >= 11 is 0. The lowest BCUT2D eigenvalue weighted by Crippen LogP contribution is -2.53. The van der Waals surface area contributed by atoms with Gasteiger partial charge in [0.25, 0.3) is 0 Å². The number of methoxy groups -OCH3 is 1. The minimum absolute atomic E-state index is 0.0790. The third-order valence-corrected chi connectivity index (χ3v) is 7.84. The largest absolute Gasteiger partial charge is 0.497 e. The summed E-state index contributed by atoms with van der Waals surface area (Å²) in [4.78, 5) is 29.3. The highest BCUT2D eigenvalue weighted by molar-refractivity contribution is 7.92. The van der Waals surface area contributed by atoms with Crippen molar-refractivity contribution in [3.05, 3.63) is 90.0 Å². The maximum Gasteiger partial charge on any atom is 0.244 e. The van der Waals surface area contributed by atoms with Gasteiger partial charge < -0.3 is 19.7 Å². The normalized spacial score (nSPS) is 11.8. The maximum atomic E-state index is 14.2. The van der Waals surface area contributed by atoms with E-state index in [0.29, 0.717) is 30.3 Å². The van der Waals surface area contributed by atoms with Gasteiger partial charge in [-0.1, -0.05) is 55.8 Å². The Bertz CT molecular complexity index is 1400. The molecule has 0 aromatic heterocycles. The summed E-state index contributed by atoms with van der Waals surface area (Å²) in [7, 11) is -2.30. The number of ether oxygens (including phenoxy) is 2. The molecule has 0 spiro atoms. The average Bonchev–Trinajstić information content (AvgIpc) is 2.98. The van der Waals surface area contributed by atoms with Crippen LogP contribution in [0, 0.1) is 0 Å². The van der Waals surface area contributed by atoms with Gasteiger partial charge in [0.1, 0.15) is 24.1 Å². The Balaban J connectivity index is 2.03. The average molecular weight is 596 g/mol. The quantitative estimate of drug-likeness (QED) is 0.246. The van der Waals surface area contributed by atoms with E-state index in [1.165, 1.54) is 4.90 Å². The molecule has 226 valence electrons. The number of carbonyl (C=O) groups is 2. The number of benzene rings is 3. The standard InChI is InChI=1S/C32H41N3O6S/c1-5-7-20-33-32(37)30(22-25-12-9-8-10-13-25)34(23-26-14-11-15-29(21-26)40-3)31(36)24-35(42(4,38)39)27-16-18-28(19-17-27)41-6-2/h8-19,21,30H,5-7,20,22-24H2,1-4H3,(H,33,37)/t30-/m0/s1. The number of rotatable bonds is 16. The van der Waals surface area contributed by atoms with Gasteiger partial charge in [-0.15, -0.1) is 0 Å². The molecule has 42 heavy (non-hydrogen) atoms. The van der Waals surface area contributed by atoms with Gasteiger partial charge in [0.2, 0.25) is 21.8 Å². The molecule has 0 saturated heterocycles. The number of anilines is 1. The zero-order valence-corrected chi connectivity index (χ0v) is 25.6. The summed E-state index contributed by atoms with van der Waals surface area (Å²) < 4.78 is 37.8. The lowest BCUT2D eigenvalue weighted by Gasteiger charge is -2.33. The van der Waals surface area contributed by atoms with Crippen molar-refractivity contribution < 1.29 is 27.5 Å². The fourth-order valence-electron chi connectivity index (χ4n) is 4.52. The molecule has 0 fully saturated rings. The Morgan fingerprint density at radius 2 is 1.60 bits per heavy atom. The second-order valence-corrected chi connectivity index (χ2v) is 11.8. The van der Waals surface area contributed by atoms with Crippen LogP contribution in [0.4, 0.5) is 5.69 Å². The van der Waals surface area contributed by atoms with Crippen LogP contribution in [0.5, 0.6) is 11.5 Å². The van der Waals surface area contributed by atoms with Crippen LogP contribution in [0.25, 0.3) is 0 Å². The number of nitrogens with one attached hydrogen (secondary N) is 1. The van der Waals surface area contributed by atoms with Crippen LogP contribution in [0.1, 0.15) is 37.8 Å². The van der Waals surface area contributed by atoms with Crippen LogP contribution in [-0.2, 0) is 32.6 Å². The third kappa shape index (κ3) is 9.51. The molecule has 3 aromatic rings. The molecule has 3 rings (SSSR count). The van der Waals surface area contributed by atoms with Crippen molar-refractivity contribution in [3.8, 4) is 11.5 Å². The number of hydrogen-bond donors (Lipinski definition) is 1. The molecule has 1 N–H and O–H groups in total. The van der Waals surface area contributed by atoms with E-state index in [9.17, 15) is 18.0 Å². The van der Waals surface area contributed by atoms with E-state index in [0.717, 1.165) is 34.5 Å². The van der Waals surface area contributed by atoms with E-state index in [2.05, 4.69) is 5.32 Å². The summed E-state index contributed by atoms with van der Waals surface area (Å²) in [6, 6.07) is 22.4. The van der Waals surface area contributed by atoms with E-state index < -0.39 is 28.5 Å². The molecule has 0 aliphatic rings. The first-order valence-corrected chi connectivity index (χ1v) is 16.0. The van der Waals surface area contributed by atoms with Gasteiger partial charge in [-0.2, -0.15) is 0 Å². The molecule has 9 nitrogen and oxygen atoms in total. The molecular formula is C32H41N3O6S. The van der Waals surface area contributed by atoms with Crippen molar-refractivity contribution in [2.24, 2.45) is 0 Å². The van der Waals surface area contributed by atoms with Crippen LogP contribution in [0.2, 0.25) is 0 Å². The highest BCUT2D eigenvalue weighted by atomic mass is 32.2. The van der Waals surface area contributed by atoms with Crippen LogP contribution in [0.15, 0.2) is 78.9 Å². The lowest BCUT2D eigenvalue weighted by atomic mass is 10.0. The molecular weight excluding hydrogens is 554 g/mol. The number of amides is 2. The van der Waals surface area contributed by atoms with E-state index in [4.69, 9.17) is 9.47 Å². The molecule has 3 aromatic carbocycles. The SMILES string of the molecule is CCCCNC(=O)[C@H](Cc1ccccc1)N(Cc1cccc(OC)c1)C(=O)CN(c1ccc(OCC)cc1)S(C)(=O)=O. The summed E-state index contributed by atoms with van der Waals surface area (Å²) in [6.07, 6.45) is 3.02. The predicted octanol–water partition coefficient (Wildman–Crippen LogP) is 4.42. The number of hydrogen-bond acceptors (Lipinski definition) is 6. The summed E-state index contributed by atoms with van der Waals surface area (Å²) in [6.45, 7) is 4.43. The molecule has 0 bridgehead atoms. The smallest absolute Gasteiger partial charge is 0.244 e. The molecule has 0 aliphatic carbocycles. The highest BCUT2D eigenvalue weighted by Crippen LogP contribution is 2.24. The van der Waals surface area contributed by atoms with Crippen LogP contribution in [-0.4, -0.2) is 64.2 Å². The Morgan fingerprint density at radius 3 is 2.21 bits per heavy atom. The number of nitrogens with zero attached hydrogens (tertiary/aromatic N) is 2. The van der Waals surface area contributed by atoms with Crippen LogP contribution >= 0.6 is 0 Å². The Hall–Kier alpha value is -4.05. The maximum absolute atomic E-state index is 14.2. The predicted molar refractivity (Wildman–Crippen MR) is 165 cm³/mol. The fourth-order valence-corrected chi connectivity index (χ4v) is 5.37. The van der Waals surface area contributed by atoms with Crippen molar-refractivity contribution in [3.63, 3.8) is 0 Å². The molecule has 1 atom stereocenters. The van der Waals surface area contributed by atoms with E-state index in [1.807, 2.05) is 56.3 Å². The van der Waals surface area contributed by atoms with E-state index in [-0.39, 0.29) is 18.9 Å². The zero-order chi connectivity index (χ0) is 30.5. The molecule has 10 heteroatoms. The summed E-state index contributed by atoms with van der Waals surface area (Å²) in [5.74, 6) is 0.394. The van der Waals surface area contributed by atoms with Gasteiger partial charge >= 0.3 is 0 Å². The monoisotopic (exact) mass is 595 g/mol. The first-order valence-electron chi connectivity index (χ1n) is 14.1. The zero-order valence-electron chi connectivity index (χ0n) is 24.8. The van der Waals surface area contributed by atoms with Crippen LogP contribution in [0.3, 0.4) is 0 Å². The van der Waals surface area contributed by atoms with Crippen molar-refractivity contribution in [1.29, 1.82) is 0 Å². The number of unbranched alkanes of at least 4 members (excludes halogenated alkanes) is 1. The fraction of sp³-hybridized carbons (Fsp3) is 0.375. The van der Waals surface area contributed by atoms with Crippen LogP contribution < -0.4 is 19.1 Å². The molecule has 0 aliphatic heterocycles. The third-order valence-electron chi connectivity index (χ3n) is 6.70. The van der Waals surface area contributed by atoms with Crippen molar-refractivity contribution in [2.75, 3.05) is 37.4 Å². The molecule has 0 radical (unpaired) electrons. The first kappa shape index (κ1) is 32.5. The van der Waals surface area contributed by atoms with Gasteiger partial charge in [0.05, 0.1) is 25.7 Å². The lowest BCUT2D eigenvalue weighted by molar-refractivity contribution is -0.140. The number of sulfonamides is 1. The Kier molecular flexibility index (Phi) is 12.2. The molecule has 0 heterocycles. The van der Waals surface area contributed by atoms with Crippen molar-refractivity contribution in [2.45, 2.75) is 45.7 Å².